The molecule has 0 aliphatic heterocycles. The SMILES string of the molecule is COc1ccc(-n2cc(C(=O)c3cc(OC)c(OC)c(OC)c3)c(-c3ccccc3)c2)cc1. The summed E-state index contributed by atoms with van der Waals surface area (Å²) in [7, 11) is 6.22. The van der Waals surface area contributed by atoms with Crippen LogP contribution < -0.4 is 18.9 Å². The average Bonchev–Trinajstić information content (AvgIpc) is 3.33. The zero-order valence-corrected chi connectivity index (χ0v) is 19.0. The Morgan fingerprint density at radius 3 is 1.91 bits per heavy atom. The van der Waals surface area contributed by atoms with Gasteiger partial charge < -0.3 is 23.5 Å². The Hall–Kier alpha value is -4.19. The first-order chi connectivity index (χ1) is 16.1. The molecule has 33 heavy (non-hydrogen) atoms. The fraction of sp³-hybridized carbons (Fsp3) is 0.148. The average molecular weight is 443 g/mol. The third-order valence-corrected chi connectivity index (χ3v) is 5.45. The first-order valence-electron chi connectivity index (χ1n) is 10.4. The molecule has 0 radical (unpaired) electrons. The lowest BCUT2D eigenvalue weighted by Gasteiger charge is -2.14. The lowest BCUT2D eigenvalue weighted by atomic mass is 9.97. The van der Waals surface area contributed by atoms with Crippen LogP contribution in [0, 0.1) is 0 Å². The molecule has 0 atom stereocenters. The quantitative estimate of drug-likeness (QED) is 0.341. The van der Waals surface area contributed by atoms with Crippen molar-refractivity contribution in [3.63, 3.8) is 0 Å². The molecule has 6 nitrogen and oxygen atoms in total. The van der Waals surface area contributed by atoms with Crippen molar-refractivity contribution in [2.75, 3.05) is 28.4 Å². The highest BCUT2D eigenvalue weighted by molar-refractivity contribution is 6.13. The lowest BCUT2D eigenvalue weighted by molar-refractivity contribution is 0.103. The Kier molecular flexibility index (Phi) is 6.36. The second-order valence-corrected chi connectivity index (χ2v) is 7.30. The van der Waals surface area contributed by atoms with Crippen LogP contribution in [-0.4, -0.2) is 38.8 Å². The molecular weight excluding hydrogens is 418 g/mol. The predicted molar refractivity (Wildman–Crippen MR) is 127 cm³/mol. The van der Waals surface area contributed by atoms with Crippen LogP contribution in [0.15, 0.2) is 79.1 Å². The molecule has 0 N–H and O–H groups in total. The van der Waals surface area contributed by atoms with Crippen LogP contribution in [0.5, 0.6) is 23.0 Å². The van der Waals surface area contributed by atoms with E-state index in [0.717, 1.165) is 22.6 Å². The summed E-state index contributed by atoms with van der Waals surface area (Å²) in [6.45, 7) is 0. The van der Waals surface area contributed by atoms with E-state index in [4.69, 9.17) is 18.9 Å². The number of carbonyl (C=O) groups is 1. The van der Waals surface area contributed by atoms with Crippen molar-refractivity contribution in [3.8, 4) is 39.8 Å². The van der Waals surface area contributed by atoms with Crippen molar-refractivity contribution in [3.05, 3.63) is 90.3 Å². The number of methoxy groups -OCH3 is 4. The monoisotopic (exact) mass is 443 g/mol. The second-order valence-electron chi connectivity index (χ2n) is 7.30. The van der Waals surface area contributed by atoms with Gasteiger partial charge in [0.2, 0.25) is 5.75 Å². The number of aromatic nitrogens is 1. The van der Waals surface area contributed by atoms with Crippen LogP contribution in [0.4, 0.5) is 0 Å². The molecular formula is C27H25NO5. The van der Waals surface area contributed by atoms with Gasteiger partial charge in [-0.2, -0.15) is 0 Å². The predicted octanol–water partition coefficient (Wildman–Crippen LogP) is 5.41. The van der Waals surface area contributed by atoms with E-state index in [2.05, 4.69) is 0 Å². The molecule has 4 rings (SSSR count). The molecule has 0 amide bonds. The Labute approximate surface area is 192 Å². The fourth-order valence-corrected chi connectivity index (χ4v) is 3.75. The molecule has 0 saturated carbocycles. The van der Waals surface area contributed by atoms with Gasteiger partial charge in [0.05, 0.1) is 28.4 Å². The number of hydrogen-bond donors (Lipinski definition) is 0. The second kappa shape index (κ2) is 9.53. The van der Waals surface area contributed by atoms with Gasteiger partial charge in [-0.3, -0.25) is 4.79 Å². The van der Waals surface area contributed by atoms with E-state index in [0.29, 0.717) is 28.4 Å². The zero-order valence-electron chi connectivity index (χ0n) is 19.0. The molecule has 168 valence electrons. The van der Waals surface area contributed by atoms with E-state index in [1.807, 2.05) is 71.6 Å². The number of carbonyl (C=O) groups excluding carboxylic acids is 1. The lowest BCUT2D eigenvalue weighted by Crippen LogP contribution is -2.04. The number of hydrogen-bond acceptors (Lipinski definition) is 5. The van der Waals surface area contributed by atoms with Gasteiger partial charge in [-0.1, -0.05) is 30.3 Å². The van der Waals surface area contributed by atoms with Crippen LogP contribution in [0.1, 0.15) is 15.9 Å². The zero-order chi connectivity index (χ0) is 23.4. The minimum Gasteiger partial charge on any atom is -0.497 e. The summed E-state index contributed by atoms with van der Waals surface area (Å²) >= 11 is 0. The molecule has 6 heteroatoms. The molecule has 4 aromatic rings. The van der Waals surface area contributed by atoms with Crippen molar-refractivity contribution in [2.45, 2.75) is 0 Å². The molecule has 3 aromatic carbocycles. The van der Waals surface area contributed by atoms with E-state index in [-0.39, 0.29) is 5.78 Å². The largest absolute Gasteiger partial charge is 0.497 e. The Bertz CT molecular complexity index is 1230. The Morgan fingerprint density at radius 1 is 0.727 bits per heavy atom. The van der Waals surface area contributed by atoms with Crippen molar-refractivity contribution in [1.82, 2.24) is 4.57 Å². The molecule has 0 fully saturated rings. The Morgan fingerprint density at radius 2 is 1.36 bits per heavy atom. The standard InChI is InChI=1S/C27H25NO5/c1-30-21-12-10-20(11-13-21)28-16-22(18-8-6-5-7-9-18)23(17-28)26(29)19-14-24(31-2)27(33-4)25(15-19)32-3/h5-17H,1-4H3. The van der Waals surface area contributed by atoms with Gasteiger partial charge in [-0.25, -0.2) is 0 Å². The molecule has 0 aliphatic rings. The van der Waals surface area contributed by atoms with E-state index in [9.17, 15) is 4.79 Å². The highest BCUT2D eigenvalue weighted by Crippen LogP contribution is 2.39. The van der Waals surface area contributed by atoms with Gasteiger partial charge in [-0.15, -0.1) is 0 Å². The maximum Gasteiger partial charge on any atom is 0.203 e. The molecule has 0 aliphatic carbocycles. The summed E-state index contributed by atoms with van der Waals surface area (Å²) in [6, 6.07) is 20.8. The number of rotatable bonds is 8. The summed E-state index contributed by atoms with van der Waals surface area (Å²) in [5.74, 6) is 1.91. The summed E-state index contributed by atoms with van der Waals surface area (Å²) in [5.41, 5.74) is 3.68. The highest BCUT2D eigenvalue weighted by Gasteiger charge is 2.22. The van der Waals surface area contributed by atoms with Crippen molar-refractivity contribution in [1.29, 1.82) is 0 Å². The summed E-state index contributed by atoms with van der Waals surface area (Å²) in [5, 5.41) is 0. The number of ether oxygens (including phenoxy) is 4. The van der Waals surface area contributed by atoms with Gasteiger partial charge in [-0.05, 0) is 42.0 Å². The molecule has 0 unspecified atom stereocenters. The summed E-state index contributed by atoms with van der Waals surface area (Å²) in [6.07, 6.45) is 3.80. The van der Waals surface area contributed by atoms with Gasteiger partial charge in [0.25, 0.3) is 0 Å². The van der Waals surface area contributed by atoms with Gasteiger partial charge in [0, 0.05) is 34.8 Å². The van der Waals surface area contributed by atoms with Crippen molar-refractivity contribution in [2.24, 2.45) is 0 Å². The number of nitrogens with zero attached hydrogens (tertiary/aromatic N) is 1. The van der Waals surface area contributed by atoms with Crippen LogP contribution in [0.3, 0.4) is 0 Å². The molecule has 0 saturated heterocycles. The van der Waals surface area contributed by atoms with Crippen LogP contribution in [0.2, 0.25) is 0 Å². The van der Waals surface area contributed by atoms with Crippen LogP contribution >= 0.6 is 0 Å². The third kappa shape index (κ3) is 4.28. The van der Waals surface area contributed by atoms with Crippen molar-refractivity contribution < 1.29 is 23.7 Å². The minimum absolute atomic E-state index is 0.152. The molecule has 1 heterocycles. The normalized spacial score (nSPS) is 10.5. The number of benzene rings is 3. The molecule has 1 aromatic heterocycles. The van der Waals surface area contributed by atoms with Gasteiger partial charge >= 0.3 is 0 Å². The van der Waals surface area contributed by atoms with Crippen LogP contribution in [-0.2, 0) is 0 Å². The number of ketones is 1. The fourth-order valence-electron chi connectivity index (χ4n) is 3.75. The first-order valence-corrected chi connectivity index (χ1v) is 10.4. The molecule has 0 spiro atoms. The third-order valence-electron chi connectivity index (χ3n) is 5.45. The van der Waals surface area contributed by atoms with E-state index in [1.54, 1.807) is 19.2 Å². The maximum atomic E-state index is 13.7. The van der Waals surface area contributed by atoms with Gasteiger partial charge in [0.1, 0.15) is 5.75 Å². The van der Waals surface area contributed by atoms with Gasteiger partial charge in [0.15, 0.2) is 17.3 Å². The summed E-state index contributed by atoms with van der Waals surface area (Å²) < 4.78 is 23.5. The summed E-state index contributed by atoms with van der Waals surface area (Å²) in [4.78, 5) is 13.7. The molecule has 0 bridgehead atoms. The minimum atomic E-state index is -0.152. The smallest absolute Gasteiger partial charge is 0.203 e. The van der Waals surface area contributed by atoms with E-state index >= 15 is 0 Å². The van der Waals surface area contributed by atoms with Crippen molar-refractivity contribution >= 4 is 5.78 Å². The topological polar surface area (TPSA) is 58.9 Å². The maximum absolute atomic E-state index is 13.7. The highest BCUT2D eigenvalue weighted by atomic mass is 16.5. The van der Waals surface area contributed by atoms with E-state index in [1.165, 1.54) is 21.3 Å². The van der Waals surface area contributed by atoms with E-state index < -0.39 is 0 Å². The Balaban J connectivity index is 1.85. The first kappa shape index (κ1) is 22.0. The van der Waals surface area contributed by atoms with Crippen LogP contribution in [0.25, 0.3) is 16.8 Å².